The van der Waals surface area contributed by atoms with Crippen molar-refractivity contribution in [2.45, 2.75) is 52.0 Å². The van der Waals surface area contributed by atoms with Crippen LogP contribution in [0.1, 0.15) is 45.1 Å². The van der Waals surface area contributed by atoms with Crippen molar-refractivity contribution in [3.05, 3.63) is 35.6 Å². The van der Waals surface area contributed by atoms with Gasteiger partial charge in [-0.2, -0.15) is 0 Å². The quantitative estimate of drug-likeness (QED) is 0.497. The van der Waals surface area contributed by atoms with E-state index >= 15 is 0 Å². The molecule has 0 aliphatic rings. The fourth-order valence-electron chi connectivity index (χ4n) is 2.32. The van der Waals surface area contributed by atoms with Gasteiger partial charge >= 0.3 is 8.80 Å². The molecule has 0 unspecified atom stereocenters. The van der Waals surface area contributed by atoms with Crippen LogP contribution in [-0.4, -0.2) is 26.8 Å². The molecule has 0 saturated heterocycles. The van der Waals surface area contributed by atoms with Crippen LogP contribution in [0.4, 0.5) is 4.39 Å². The average molecular weight is 314 g/mol. The van der Waals surface area contributed by atoms with Crippen LogP contribution in [0, 0.1) is 5.82 Å². The van der Waals surface area contributed by atoms with Gasteiger partial charge in [-0.15, -0.1) is 0 Å². The summed E-state index contributed by atoms with van der Waals surface area (Å²) < 4.78 is 23.6. The molecule has 1 aromatic rings. The second-order valence-corrected chi connectivity index (χ2v) is 7.62. The fourth-order valence-corrected chi connectivity index (χ4v) is 4.29. The molecule has 1 N–H and O–H groups in total. The minimum Gasteiger partial charge on any atom is -0.390 e. The molecule has 0 aliphatic carbocycles. The summed E-state index contributed by atoms with van der Waals surface area (Å²) >= 11 is 0. The first-order chi connectivity index (χ1) is 10.1. The molecule has 3 nitrogen and oxygen atoms in total. The molecule has 0 aliphatic heterocycles. The van der Waals surface area contributed by atoms with Crippen LogP contribution >= 0.6 is 0 Å². The first kappa shape index (κ1) is 18.3. The van der Waals surface area contributed by atoms with Crippen LogP contribution < -0.4 is 0 Å². The zero-order valence-corrected chi connectivity index (χ0v) is 14.1. The van der Waals surface area contributed by atoms with E-state index in [9.17, 15) is 9.19 Å². The molecule has 5 heteroatoms. The van der Waals surface area contributed by atoms with Gasteiger partial charge in [0, 0.05) is 19.3 Å². The van der Waals surface area contributed by atoms with Crippen molar-refractivity contribution in [3.8, 4) is 0 Å². The van der Waals surface area contributed by atoms with E-state index in [2.05, 4.69) is 0 Å². The Bertz CT molecular complexity index is 378. The lowest BCUT2D eigenvalue weighted by Crippen LogP contribution is -2.42. The molecule has 0 fully saturated rings. The van der Waals surface area contributed by atoms with Gasteiger partial charge in [0.1, 0.15) is 5.82 Å². The van der Waals surface area contributed by atoms with Crippen LogP contribution in [0.15, 0.2) is 24.3 Å². The van der Waals surface area contributed by atoms with Crippen LogP contribution in [0.3, 0.4) is 0 Å². The van der Waals surface area contributed by atoms with E-state index in [1.54, 1.807) is 0 Å². The van der Waals surface area contributed by atoms with Crippen LogP contribution in [0.5, 0.6) is 0 Å². The number of halogens is 1. The van der Waals surface area contributed by atoms with Gasteiger partial charge in [-0.3, -0.25) is 0 Å². The van der Waals surface area contributed by atoms with Crippen molar-refractivity contribution < 1.29 is 18.0 Å². The third-order valence-electron chi connectivity index (χ3n) is 3.36. The summed E-state index contributed by atoms with van der Waals surface area (Å²) in [5.74, 6) is -0.185. The lowest BCUT2D eigenvalue weighted by molar-refractivity contribution is 0.107. The Morgan fingerprint density at radius 2 is 1.52 bits per heavy atom. The zero-order valence-electron chi connectivity index (χ0n) is 13.1. The molecule has 0 amide bonds. The first-order valence-electron chi connectivity index (χ1n) is 7.84. The van der Waals surface area contributed by atoms with E-state index in [1.807, 2.05) is 26.0 Å². The van der Waals surface area contributed by atoms with E-state index in [-0.39, 0.29) is 5.82 Å². The highest BCUT2D eigenvalue weighted by Gasteiger charge is 2.35. The number of benzene rings is 1. The lowest BCUT2D eigenvalue weighted by atomic mass is 10.1. The number of aryl methyl sites for hydroxylation is 1. The second kappa shape index (κ2) is 10.1. The molecule has 120 valence electrons. The van der Waals surface area contributed by atoms with Crippen molar-refractivity contribution in [1.29, 1.82) is 0 Å². The molecule has 0 atom stereocenters. The Morgan fingerprint density at radius 1 is 0.952 bits per heavy atom. The average Bonchev–Trinajstić information content (AvgIpc) is 2.45. The van der Waals surface area contributed by atoms with E-state index in [1.165, 1.54) is 17.7 Å². The minimum absolute atomic E-state index is 0.185. The highest BCUT2D eigenvalue weighted by atomic mass is 28.4. The number of hydrogen-bond donors (Lipinski definition) is 1. The maximum atomic E-state index is 12.8. The zero-order chi connectivity index (χ0) is 15.6. The Kier molecular flexibility index (Phi) is 8.76. The van der Waals surface area contributed by atoms with Crippen molar-refractivity contribution in [2.75, 3.05) is 13.2 Å². The molecular formula is C16H27FO3Si. The second-order valence-electron chi connectivity index (χ2n) is 5.12. The third-order valence-corrected chi connectivity index (χ3v) is 5.83. The first-order valence-corrected chi connectivity index (χ1v) is 9.81. The monoisotopic (exact) mass is 314 g/mol. The fraction of sp³-hybridized carbons (Fsp3) is 0.625. The molecule has 0 saturated carbocycles. The largest absolute Gasteiger partial charge is 0.498 e. The maximum Gasteiger partial charge on any atom is 0.498 e. The summed E-state index contributed by atoms with van der Waals surface area (Å²) in [6.45, 7) is 4.74. The van der Waals surface area contributed by atoms with E-state index < -0.39 is 8.80 Å². The molecule has 0 aromatic heterocycles. The summed E-state index contributed by atoms with van der Waals surface area (Å²) in [5.41, 5.74) is 1.17. The van der Waals surface area contributed by atoms with Crippen LogP contribution in [0.25, 0.3) is 0 Å². The number of rotatable bonds is 11. The van der Waals surface area contributed by atoms with Gasteiger partial charge in [-0.1, -0.05) is 25.0 Å². The molecule has 0 heterocycles. The summed E-state index contributed by atoms with van der Waals surface area (Å²) in [6.07, 6.45) is 5.12. The normalized spacial score (nSPS) is 11.8. The predicted molar refractivity (Wildman–Crippen MR) is 84.6 cm³/mol. The van der Waals surface area contributed by atoms with Crippen molar-refractivity contribution in [1.82, 2.24) is 0 Å². The van der Waals surface area contributed by atoms with Crippen LogP contribution in [-0.2, 0) is 15.3 Å². The molecule has 0 radical (unpaired) electrons. The SMILES string of the molecule is CCO[Si](O)(CCCCCCc1ccc(F)cc1)OCC. The van der Waals surface area contributed by atoms with Crippen molar-refractivity contribution >= 4 is 8.80 Å². The van der Waals surface area contributed by atoms with Gasteiger partial charge in [0.25, 0.3) is 0 Å². The predicted octanol–water partition coefficient (Wildman–Crippen LogP) is 3.93. The van der Waals surface area contributed by atoms with Gasteiger partial charge in [-0.05, 0) is 50.8 Å². The third kappa shape index (κ3) is 7.71. The highest BCUT2D eigenvalue weighted by Crippen LogP contribution is 2.16. The van der Waals surface area contributed by atoms with E-state index in [0.717, 1.165) is 32.1 Å². The Morgan fingerprint density at radius 3 is 2.10 bits per heavy atom. The van der Waals surface area contributed by atoms with Crippen molar-refractivity contribution in [3.63, 3.8) is 0 Å². The van der Waals surface area contributed by atoms with E-state index in [4.69, 9.17) is 8.85 Å². The summed E-state index contributed by atoms with van der Waals surface area (Å²) in [5, 5.41) is 0. The lowest BCUT2D eigenvalue weighted by Gasteiger charge is -2.22. The summed E-state index contributed by atoms with van der Waals surface area (Å²) in [7, 11) is -2.92. The van der Waals surface area contributed by atoms with Crippen molar-refractivity contribution in [2.24, 2.45) is 0 Å². The van der Waals surface area contributed by atoms with Gasteiger partial charge < -0.3 is 13.6 Å². The van der Waals surface area contributed by atoms with Gasteiger partial charge in [0.2, 0.25) is 0 Å². The Balaban J connectivity index is 2.14. The number of hydrogen-bond acceptors (Lipinski definition) is 3. The Labute approximate surface area is 128 Å². The molecule has 21 heavy (non-hydrogen) atoms. The Hall–Kier alpha value is -0.753. The summed E-state index contributed by atoms with van der Waals surface area (Å²) in [4.78, 5) is 10.2. The molecule has 0 bridgehead atoms. The standard InChI is InChI=1S/C16H27FO3Si/c1-3-19-21(18,20-4-2)14-8-6-5-7-9-15-10-12-16(17)13-11-15/h10-13,18H,3-9,14H2,1-2H3. The number of unbranched alkanes of at least 4 members (excludes halogenated alkanes) is 3. The highest BCUT2D eigenvalue weighted by molar-refractivity contribution is 6.59. The smallest absolute Gasteiger partial charge is 0.390 e. The van der Waals surface area contributed by atoms with Gasteiger partial charge in [0.15, 0.2) is 0 Å². The molecule has 1 rings (SSSR count). The van der Waals surface area contributed by atoms with Gasteiger partial charge in [0.05, 0.1) is 0 Å². The van der Waals surface area contributed by atoms with Gasteiger partial charge in [-0.25, -0.2) is 4.39 Å². The summed E-state index contributed by atoms with van der Waals surface area (Å²) in [6, 6.07) is 7.32. The molecular weight excluding hydrogens is 287 g/mol. The topological polar surface area (TPSA) is 38.7 Å². The van der Waals surface area contributed by atoms with Crippen LogP contribution in [0.2, 0.25) is 6.04 Å². The minimum atomic E-state index is -2.92. The molecule has 1 aromatic carbocycles. The maximum absolute atomic E-state index is 12.8. The molecule has 0 spiro atoms. The van der Waals surface area contributed by atoms with E-state index in [0.29, 0.717) is 19.3 Å².